The van der Waals surface area contributed by atoms with Crippen molar-refractivity contribution in [1.29, 1.82) is 0 Å². The average Bonchev–Trinajstić information content (AvgIpc) is 3.40. The van der Waals surface area contributed by atoms with Gasteiger partial charge >= 0.3 is 0 Å². The van der Waals surface area contributed by atoms with Crippen LogP contribution in [0.25, 0.3) is 0 Å². The van der Waals surface area contributed by atoms with Gasteiger partial charge in [0.25, 0.3) is 11.8 Å². The molecule has 5 heteroatoms. The molecule has 5 nitrogen and oxygen atoms in total. The zero-order chi connectivity index (χ0) is 16.7. The van der Waals surface area contributed by atoms with E-state index in [0.29, 0.717) is 12.1 Å². The van der Waals surface area contributed by atoms with Crippen molar-refractivity contribution in [2.45, 2.75) is 24.8 Å². The van der Waals surface area contributed by atoms with Crippen molar-refractivity contribution in [2.75, 3.05) is 6.54 Å². The summed E-state index contributed by atoms with van der Waals surface area (Å²) >= 11 is 0. The summed E-state index contributed by atoms with van der Waals surface area (Å²) in [6, 6.07) is 14.9. The number of hydrogen-bond acceptors (Lipinski definition) is 3. The Kier molecular flexibility index (Phi) is 3.39. The molecule has 2 N–H and O–H groups in total. The van der Waals surface area contributed by atoms with Crippen LogP contribution >= 0.6 is 0 Å². The minimum Gasteiger partial charge on any atom is -0.333 e. The molecule has 0 radical (unpaired) electrons. The number of carbonyl (C=O) groups excluding carboxylic acids is 2. The average molecular weight is 322 g/mol. The fraction of sp³-hybridized carbons (Fsp3) is 0.263. The number of rotatable bonds is 3. The normalized spacial score (nSPS) is 17.5. The fourth-order valence-corrected chi connectivity index (χ4v) is 3.58. The number of nitrogens with one attached hydrogen (secondary N) is 1. The standard InChI is InChI=1S/C19H18N2O3/c22-17(20-24)14-7-5-13(6-8-14)11-21-12-19(9-10-19)16-4-2-1-3-15(16)18(21)23/h1-8,24H,9-12H2,(H,20,22). The second-order valence-electron chi connectivity index (χ2n) is 6.62. The van der Waals surface area contributed by atoms with E-state index in [1.807, 2.05) is 35.2 Å². The summed E-state index contributed by atoms with van der Waals surface area (Å²) in [6.45, 7) is 1.28. The van der Waals surface area contributed by atoms with Gasteiger partial charge in [-0.05, 0) is 42.2 Å². The molecule has 0 atom stereocenters. The summed E-state index contributed by atoms with van der Waals surface area (Å²) in [5, 5.41) is 8.66. The molecule has 1 heterocycles. The van der Waals surface area contributed by atoms with Gasteiger partial charge in [0, 0.05) is 29.6 Å². The number of hydrogen-bond donors (Lipinski definition) is 2. The molecule has 24 heavy (non-hydrogen) atoms. The molecular formula is C19H18N2O3. The predicted octanol–water partition coefficient (Wildman–Crippen LogP) is 2.49. The second-order valence-corrected chi connectivity index (χ2v) is 6.62. The topological polar surface area (TPSA) is 69.6 Å². The Morgan fingerprint density at radius 2 is 1.83 bits per heavy atom. The van der Waals surface area contributed by atoms with Crippen molar-refractivity contribution in [3.63, 3.8) is 0 Å². The lowest BCUT2D eigenvalue weighted by Gasteiger charge is -2.34. The third kappa shape index (κ3) is 2.37. The van der Waals surface area contributed by atoms with Crippen molar-refractivity contribution >= 4 is 11.8 Å². The van der Waals surface area contributed by atoms with Gasteiger partial charge in [0.05, 0.1) is 0 Å². The van der Waals surface area contributed by atoms with Gasteiger partial charge in [0.15, 0.2) is 0 Å². The van der Waals surface area contributed by atoms with Gasteiger partial charge in [0.2, 0.25) is 0 Å². The molecule has 1 aliphatic heterocycles. The van der Waals surface area contributed by atoms with Gasteiger partial charge in [-0.3, -0.25) is 14.8 Å². The zero-order valence-corrected chi connectivity index (χ0v) is 13.2. The molecule has 1 fully saturated rings. The van der Waals surface area contributed by atoms with E-state index in [9.17, 15) is 9.59 Å². The Balaban J connectivity index is 1.58. The highest BCUT2D eigenvalue weighted by Crippen LogP contribution is 2.52. The van der Waals surface area contributed by atoms with Crippen molar-refractivity contribution in [3.8, 4) is 0 Å². The Hall–Kier alpha value is -2.66. The number of benzene rings is 2. The molecule has 0 aromatic heterocycles. The maximum Gasteiger partial charge on any atom is 0.274 e. The summed E-state index contributed by atoms with van der Waals surface area (Å²) < 4.78 is 0. The highest BCUT2D eigenvalue weighted by atomic mass is 16.5. The Morgan fingerprint density at radius 1 is 1.12 bits per heavy atom. The molecule has 1 aliphatic carbocycles. The molecule has 0 unspecified atom stereocenters. The van der Waals surface area contributed by atoms with E-state index in [1.165, 1.54) is 5.56 Å². The van der Waals surface area contributed by atoms with Gasteiger partial charge in [-0.2, -0.15) is 0 Å². The Morgan fingerprint density at radius 3 is 2.50 bits per heavy atom. The van der Waals surface area contributed by atoms with Gasteiger partial charge in [-0.15, -0.1) is 0 Å². The highest BCUT2D eigenvalue weighted by molar-refractivity contribution is 5.98. The smallest absolute Gasteiger partial charge is 0.274 e. The van der Waals surface area contributed by atoms with Gasteiger partial charge in [0.1, 0.15) is 0 Å². The fourth-order valence-electron chi connectivity index (χ4n) is 3.58. The predicted molar refractivity (Wildman–Crippen MR) is 87.8 cm³/mol. The SMILES string of the molecule is O=C(NO)c1ccc(CN2CC3(CC3)c3ccccc3C2=O)cc1. The molecule has 2 aromatic rings. The van der Waals surface area contributed by atoms with Crippen molar-refractivity contribution in [3.05, 3.63) is 70.8 Å². The van der Waals surface area contributed by atoms with Crippen molar-refractivity contribution in [1.82, 2.24) is 10.4 Å². The maximum absolute atomic E-state index is 12.8. The summed E-state index contributed by atoms with van der Waals surface area (Å²) in [5.41, 5.74) is 5.12. The molecule has 122 valence electrons. The molecule has 0 bridgehead atoms. The lowest BCUT2D eigenvalue weighted by Crippen LogP contribution is -2.42. The first-order chi connectivity index (χ1) is 11.6. The third-order valence-electron chi connectivity index (χ3n) is 5.05. The number of amides is 2. The third-order valence-corrected chi connectivity index (χ3v) is 5.05. The van der Waals surface area contributed by atoms with E-state index in [2.05, 4.69) is 6.07 Å². The number of carbonyl (C=O) groups is 2. The van der Waals surface area contributed by atoms with Crippen LogP contribution in [-0.2, 0) is 12.0 Å². The van der Waals surface area contributed by atoms with Crippen LogP contribution < -0.4 is 5.48 Å². The van der Waals surface area contributed by atoms with E-state index in [0.717, 1.165) is 30.5 Å². The maximum atomic E-state index is 12.8. The number of fused-ring (bicyclic) bond motifs is 2. The monoisotopic (exact) mass is 322 g/mol. The van der Waals surface area contributed by atoms with E-state index in [-0.39, 0.29) is 11.3 Å². The summed E-state index contributed by atoms with van der Waals surface area (Å²) in [6.07, 6.45) is 2.26. The molecule has 2 aliphatic rings. The second kappa shape index (κ2) is 5.46. The van der Waals surface area contributed by atoms with Crippen LogP contribution in [0.4, 0.5) is 0 Å². The van der Waals surface area contributed by atoms with Crippen LogP contribution in [-0.4, -0.2) is 28.5 Å². The number of nitrogens with zero attached hydrogens (tertiary/aromatic N) is 1. The Bertz CT molecular complexity index is 810. The van der Waals surface area contributed by atoms with Gasteiger partial charge in [-0.1, -0.05) is 30.3 Å². The van der Waals surface area contributed by atoms with Crippen LogP contribution in [0.5, 0.6) is 0 Å². The summed E-state index contributed by atoms with van der Waals surface area (Å²) in [5.74, 6) is -0.471. The molecule has 4 rings (SSSR count). The highest BCUT2D eigenvalue weighted by Gasteiger charge is 2.51. The molecule has 2 aromatic carbocycles. The molecular weight excluding hydrogens is 304 g/mol. The van der Waals surface area contributed by atoms with E-state index in [4.69, 9.17) is 5.21 Å². The largest absolute Gasteiger partial charge is 0.333 e. The minimum absolute atomic E-state index is 0.0697. The molecule has 0 saturated heterocycles. The molecule has 1 spiro atoms. The first-order valence-corrected chi connectivity index (χ1v) is 8.05. The summed E-state index contributed by atoms with van der Waals surface area (Å²) in [7, 11) is 0. The summed E-state index contributed by atoms with van der Waals surface area (Å²) in [4.78, 5) is 26.1. The quantitative estimate of drug-likeness (QED) is 0.674. The van der Waals surface area contributed by atoms with Crippen LogP contribution in [0.1, 0.15) is 44.7 Å². The zero-order valence-electron chi connectivity index (χ0n) is 13.2. The van der Waals surface area contributed by atoms with Crippen molar-refractivity contribution < 1.29 is 14.8 Å². The van der Waals surface area contributed by atoms with E-state index < -0.39 is 5.91 Å². The van der Waals surface area contributed by atoms with Crippen LogP contribution in [0.3, 0.4) is 0 Å². The van der Waals surface area contributed by atoms with Crippen LogP contribution in [0.2, 0.25) is 0 Å². The van der Waals surface area contributed by atoms with Gasteiger partial charge < -0.3 is 4.90 Å². The van der Waals surface area contributed by atoms with Gasteiger partial charge in [-0.25, -0.2) is 5.48 Å². The van der Waals surface area contributed by atoms with E-state index in [1.54, 1.807) is 17.6 Å². The Labute approximate surface area is 139 Å². The first kappa shape index (κ1) is 14.9. The lowest BCUT2D eigenvalue weighted by atomic mass is 9.86. The lowest BCUT2D eigenvalue weighted by molar-refractivity contribution is 0.0693. The minimum atomic E-state index is -0.540. The van der Waals surface area contributed by atoms with Crippen LogP contribution in [0, 0.1) is 0 Å². The molecule has 1 saturated carbocycles. The number of hydroxylamine groups is 1. The molecule has 2 amide bonds. The van der Waals surface area contributed by atoms with E-state index >= 15 is 0 Å². The van der Waals surface area contributed by atoms with Crippen molar-refractivity contribution in [2.24, 2.45) is 0 Å². The van der Waals surface area contributed by atoms with Crippen LogP contribution in [0.15, 0.2) is 48.5 Å². The first-order valence-electron chi connectivity index (χ1n) is 8.05.